The minimum Gasteiger partial charge on any atom is -0.494 e. The Morgan fingerprint density at radius 1 is 0.902 bits per heavy atom. The number of aliphatic imine (C=N–C) groups is 1. The Morgan fingerprint density at radius 2 is 1.54 bits per heavy atom. The maximum absolute atomic E-state index is 12.8. The second-order valence-corrected chi connectivity index (χ2v) is 11.5. The predicted octanol–water partition coefficient (Wildman–Crippen LogP) is 9.48. The van der Waals surface area contributed by atoms with E-state index in [0.717, 1.165) is 19.3 Å². The molecule has 0 radical (unpaired) electrons. The summed E-state index contributed by atoms with van der Waals surface area (Å²) >= 11 is 18.7. The molecule has 3 rings (SSSR count). The van der Waals surface area contributed by atoms with Gasteiger partial charge in [-0.2, -0.15) is 0 Å². The summed E-state index contributed by atoms with van der Waals surface area (Å²) < 4.78 is 11.0. The molecular formula is C31H40Cl3N3O4. The maximum Gasteiger partial charge on any atom is 0.338 e. The lowest BCUT2D eigenvalue weighted by Crippen LogP contribution is -2.36. The number of hydrazine groups is 1. The Balaban J connectivity index is 1.47. The number of esters is 1. The highest BCUT2D eigenvalue weighted by Crippen LogP contribution is 2.38. The molecule has 41 heavy (non-hydrogen) atoms. The van der Waals surface area contributed by atoms with Crippen LogP contribution in [0.25, 0.3) is 0 Å². The van der Waals surface area contributed by atoms with Crippen LogP contribution in [-0.4, -0.2) is 31.4 Å². The normalized spacial score (nSPS) is 14.0. The zero-order valence-corrected chi connectivity index (χ0v) is 26.2. The third-order valence-corrected chi connectivity index (χ3v) is 7.74. The third-order valence-electron chi connectivity index (χ3n) is 6.91. The number of anilines is 1. The number of halogens is 3. The van der Waals surface area contributed by atoms with Gasteiger partial charge in [0, 0.05) is 5.02 Å². The Morgan fingerprint density at radius 3 is 2.15 bits per heavy atom. The van der Waals surface area contributed by atoms with Gasteiger partial charge in [-0.15, -0.1) is 0 Å². The summed E-state index contributed by atoms with van der Waals surface area (Å²) in [6.45, 7) is 2.59. The number of ether oxygens (including phenoxy) is 2. The SMILES string of the molecule is CCCCCCCCCCCCCCOC(=O)c1cc(Cl)c(N2NC(=Nc3ccc(Cl)cc3Cl)CC2=O)c(OC)c1. The lowest BCUT2D eigenvalue weighted by Gasteiger charge is -2.21. The number of nitrogens with one attached hydrogen (secondary N) is 1. The zero-order valence-electron chi connectivity index (χ0n) is 23.9. The summed E-state index contributed by atoms with van der Waals surface area (Å²) in [4.78, 5) is 30.0. The molecule has 1 amide bonds. The summed E-state index contributed by atoms with van der Waals surface area (Å²) in [6, 6.07) is 7.90. The van der Waals surface area contributed by atoms with Crippen molar-refractivity contribution in [1.82, 2.24) is 5.43 Å². The lowest BCUT2D eigenvalue weighted by atomic mass is 10.1. The smallest absolute Gasteiger partial charge is 0.338 e. The van der Waals surface area contributed by atoms with Gasteiger partial charge in [0.25, 0.3) is 5.91 Å². The number of methoxy groups -OCH3 is 1. The van der Waals surface area contributed by atoms with Crippen molar-refractivity contribution in [1.29, 1.82) is 0 Å². The van der Waals surface area contributed by atoms with Crippen molar-refractivity contribution in [2.75, 3.05) is 18.7 Å². The van der Waals surface area contributed by atoms with Crippen molar-refractivity contribution < 1.29 is 19.1 Å². The number of hydrogen-bond acceptors (Lipinski definition) is 5. The van der Waals surface area contributed by atoms with E-state index in [0.29, 0.717) is 28.2 Å². The molecule has 1 heterocycles. The van der Waals surface area contributed by atoms with Crippen LogP contribution in [0.15, 0.2) is 35.3 Å². The minimum atomic E-state index is -0.486. The monoisotopic (exact) mass is 623 g/mol. The van der Waals surface area contributed by atoms with Crippen LogP contribution in [0, 0.1) is 0 Å². The Bertz CT molecular complexity index is 1210. The average molecular weight is 625 g/mol. The van der Waals surface area contributed by atoms with Crippen molar-refractivity contribution >= 4 is 63.9 Å². The van der Waals surface area contributed by atoms with Gasteiger partial charge in [0.2, 0.25) is 0 Å². The Labute approximate surface area is 258 Å². The average Bonchev–Trinajstić information content (AvgIpc) is 3.31. The van der Waals surface area contributed by atoms with Crippen LogP contribution in [0.3, 0.4) is 0 Å². The summed E-state index contributed by atoms with van der Waals surface area (Å²) in [5.41, 5.74) is 3.96. The van der Waals surface area contributed by atoms with Gasteiger partial charge in [-0.05, 0) is 36.8 Å². The van der Waals surface area contributed by atoms with E-state index in [1.807, 2.05) is 0 Å². The molecule has 0 aliphatic carbocycles. The summed E-state index contributed by atoms with van der Waals surface area (Å²) in [7, 11) is 1.44. The molecule has 0 aromatic heterocycles. The molecule has 1 aliphatic heterocycles. The van der Waals surface area contributed by atoms with Crippen LogP contribution >= 0.6 is 34.8 Å². The Hall–Kier alpha value is -2.48. The fraction of sp³-hybridized carbons (Fsp3) is 0.516. The molecule has 224 valence electrons. The standard InChI is InChI=1S/C31H40Cl3N3O4/c1-3-4-5-6-7-8-9-10-11-12-13-14-17-41-31(39)22-18-25(34)30(27(19-22)40-2)37-29(38)21-28(36-37)35-26-16-15-23(32)20-24(26)33/h15-16,18-20H,3-14,17,21H2,1-2H3,(H,35,36). The molecule has 1 fully saturated rings. The molecule has 1 aliphatic rings. The molecule has 0 unspecified atom stereocenters. The molecule has 0 atom stereocenters. The first kappa shape index (κ1) is 33.0. The molecule has 7 nitrogen and oxygen atoms in total. The molecule has 1 N–H and O–H groups in total. The molecule has 2 aromatic carbocycles. The van der Waals surface area contributed by atoms with E-state index in [1.54, 1.807) is 18.2 Å². The van der Waals surface area contributed by atoms with E-state index >= 15 is 0 Å². The highest BCUT2D eigenvalue weighted by molar-refractivity contribution is 6.36. The zero-order chi connectivity index (χ0) is 29.6. The van der Waals surface area contributed by atoms with Gasteiger partial charge in [-0.1, -0.05) is 112 Å². The number of benzene rings is 2. The number of hydrogen-bond donors (Lipinski definition) is 1. The van der Waals surface area contributed by atoms with Crippen LogP contribution in [0.5, 0.6) is 5.75 Å². The van der Waals surface area contributed by atoms with Crippen LogP contribution in [0.1, 0.15) is 101 Å². The topological polar surface area (TPSA) is 80.2 Å². The first-order valence-corrected chi connectivity index (χ1v) is 15.6. The highest BCUT2D eigenvalue weighted by atomic mass is 35.5. The fourth-order valence-corrected chi connectivity index (χ4v) is 5.42. The van der Waals surface area contributed by atoms with E-state index in [4.69, 9.17) is 44.3 Å². The number of carbonyl (C=O) groups is 2. The molecule has 0 bridgehead atoms. The number of unbranched alkanes of at least 4 members (excludes halogenated alkanes) is 11. The minimum absolute atomic E-state index is 0.00127. The van der Waals surface area contributed by atoms with Gasteiger partial charge in [0.1, 0.15) is 17.3 Å². The fourth-order valence-electron chi connectivity index (χ4n) is 4.67. The van der Waals surface area contributed by atoms with E-state index in [2.05, 4.69) is 17.3 Å². The highest BCUT2D eigenvalue weighted by Gasteiger charge is 2.32. The van der Waals surface area contributed by atoms with Crippen LogP contribution in [0.4, 0.5) is 11.4 Å². The number of amides is 1. The van der Waals surface area contributed by atoms with Gasteiger partial charge >= 0.3 is 5.97 Å². The van der Waals surface area contributed by atoms with E-state index in [-0.39, 0.29) is 34.4 Å². The molecular weight excluding hydrogens is 585 g/mol. The van der Waals surface area contributed by atoms with Crippen molar-refractivity contribution in [3.63, 3.8) is 0 Å². The van der Waals surface area contributed by atoms with E-state index < -0.39 is 5.97 Å². The molecule has 2 aromatic rings. The van der Waals surface area contributed by atoms with E-state index in [1.165, 1.54) is 82.0 Å². The van der Waals surface area contributed by atoms with Crippen molar-refractivity contribution in [2.24, 2.45) is 4.99 Å². The van der Waals surface area contributed by atoms with Crippen LogP contribution < -0.4 is 15.2 Å². The molecule has 0 saturated carbocycles. The maximum atomic E-state index is 12.8. The van der Waals surface area contributed by atoms with Crippen molar-refractivity contribution in [2.45, 2.75) is 90.4 Å². The first-order chi connectivity index (χ1) is 19.8. The van der Waals surface area contributed by atoms with Crippen LogP contribution in [0.2, 0.25) is 15.1 Å². The summed E-state index contributed by atoms with van der Waals surface area (Å²) in [5, 5.41) is 2.26. The number of carbonyl (C=O) groups excluding carboxylic acids is 2. The summed E-state index contributed by atoms with van der Waals surface area (Å²) in [6.07, 6.45) is 14.9. The first-order valence-electron chi connectivity index (χ1n) is 14.5. The number of rotatable bonds is 17. The van der Waals surface area contributed by atoms with Gasteiger partial charge in [-0.3, -0.25) is 10.2 Å². The van der Waals surface area contributed by atoms with Gasteiger partial charge in [-0.25, -0.2) is 14.8 Å². The molecule has 0 spiro atoms. The van der Waals surface area contributed by atoms with Crippen LogP contribution in [-0.2, 0) is 9.53 Å². The number of amidine groups is 1. The largest absolute Gasteiger partial charge is 0.494 e. The van der Waals surface area contributed by atoms with Crippen molar-refractivity contribution in [3.8, 4) is 5.75 Å². The Kier molecular flexibility index (Phi) is 14.1. The third kappa shape index (κ3) is 10.4. The van der Waals surface area contributed by atoms with Gasteiger partial charge in [0.15, 0.2) is 0 Å². The molecule has 10 heteroatoms. The van der Waals surface area contributed by atoms with Gasteiger partial charge in [0.05, 0.1) is 41.4 Å². The quantitative estimate of drug-likeness (QED) is 0.140. The second kappa shape index (κ2) is 17.5. The number of nitrogens with zero attached hydrogens (tertiary/aromatic N) is 2. The summed E-state index contributed by atoms with van der Waals surface area (Å²) in [5.74, 6) is -0.152. The predicted molar refractivity (Wildman–Crippen MR) is 168 cm³/mol. The molecule has 1 saturated heterocycles. The second-order valence-electron chi connectivity index (χ2n) is 10.2. The van der Waals surface area contributed by atoms with E-state index in [9.17, 15) is 9.59 Å². The lowest BCUT2D eigenvalue weighted by molar-refractivity contribution is -0.117. The van der Waals surface area contributed by atoms with Gasteiger partial charge < -0.3 is 9.47 Å². The van der Waals surface area contributed by atoms with Crippen molar-refractivity contribution in [3.05, 3.63) is 51.0 Å².